The first-order valence-electron chi connectivity index (χ1n) is 14.2. The topological polar surface area (TPSA) is 96.0 Å². The second-order valence-corrected chi connectivity index (χ2v) is 14.0. The number of sulfonamides is 1. The van der Waals surface area contributed by atoms with Gasteiger partial charge in [-0.2, -0.15) is 0 Å². The second kappa shape index (κ2) is 16.4. The molecule has 12 heteroatoms. The predicted octanol–water partition coefficient (Wildman–Crippen LogP) is 6.61. The molecule has 0 aliphatic rings. The molecule has 0 spiro atoms. The molecule has 1 atom stereocenters. The molecule has 0 aliphatic carbocycles. The third-order valence-corrected chi connectivity index (χ3v) is 9.10. The summed E-state index contributed by atoms with van der Waals surface area (Å²) in [5.41, 5.74) is 1.95. The zero-order valence-electron chi connectivity index (χ0n) is 25.2. The number of hydrogen-bond acceptors (Lipinski definition) is 5. The van der Waals surface area contributed by atoms with Crippen molar-refractivity contribution in [2.45, 2.75) is 45.7 Å². The Morgan fingerprint density at radius 3 is 2.20 bits per heavy atom. The minimum Gasteiger partial charge on any atom is -0.495 e. The Bertz CT molecular complexity index is 1540. The van der Waals surface area contributed by atoms with E-state index in [1.807, 2.05) is 44.2 Å². The number of benzene rings is 3. The quantitative estimate of drug-likeness (QED) is 0.195. The van der Waals surface area contributed by atoms with Gasteiger partial charge in [-0.1, -0.05) is 85.0 Å². The van der Waals surface area contributed by atoms with Gasteiger partial charge in [-0.15, -0.1) is 0 Å². The molecule has 3 aromatic rings. The molecule has 0 heterocycles. The molecule has 0 aromatic heterocycles. The number of nitrogens with one attached hydrogen (secondary N) is 1. The Labute approximate surface area is 275 Å². The highest BCUT2D eigenvalue weighted by molar-refractivity contribution is 7.92. The van der Waals surface area contributed by atoms with E-state index in [2.05, 4.69) is 5.32 Å². The largest absolute Gasteiger partial charge is 0.495 e. The van der Waals surface area contributed by atoms with E-state index in [1.165, 1.54) is 22.4 Å². The molecule has 44 heavy (non-hydrogen) atoms. The van der Waals surface area contributed by atoms with Crippen molar-refractivity contribution in [2.24, 2.45) is 5.92 Å². The number of carbonyl (C=O) groups excluding carboxylic acids is 2. The zero-order chi connectivity index (χ0) is 32.4. The zero-order valence-corrected chi connectivity index (χ0v) is 28.3. The first-order valence-corrected chi connectivity index (χ1v) is 17.1. The van der Waals surface area contributed by atoms with E-state index in [9.17, 15) is 18.0 Å². The fourth-order valence-electron chi connectivity index (χ4n) is 4.63. The van der Waals surface area contributed by atoms with E-state index in [1.54, 1.807) is 30.3 Å². The molecule has 0 radical (unpaired) electrons. The summed E-state index contributed by atoms with van der Waals surface area (Å²) in [7, 11) is -2.23. The van der Waals surface area contributed by atoms with Gasteiger partial charge < -0.3 is 15.0 Å². The highest BCUT2D eigenvalue weighted by Crippen LogP contribution is 2.30. The number of ether oxygens (including phenoxy) is 1. The van der Waals surface area contributed by atoms with Crippen molar-refractivity contribution in [1.82, 2.24) is 10.2 Å². The molecular weight excluding hydrogens is 645 g/mol. The first-order chi connectivity index (χ1) is 20.8. The van der Waals surface area contributed by atoms with Crippen LogP contribution in [0.4, 0.5) is 5.69 Å². The molecule has 8 nitrogen and oxygen atoms in total. The van der Waals surface area contributed by atoms with E-state index >= 15 is 0 Å². The molecule has 0 aliphatic heterocycles. The van der Waals surface area contributed by atoms with Gasteiger partial charge in [0.1, 0.15) is 11.8 Å². The van der Waals surface area contributed by atoms with Crippen LogP contribution in [0.25, 0.3) is 0 Å². The summed E-state index contributed by atoms with van der Waals surface area (Å²) < 4.78 is 31.8. The fourth-order valence-corrected chi connectivity index (χ4v) is 6.16. The number of rotatable bonds is 15. The monoisotopic (exact) mass is 681 g/mol. The highest BCUT2D eigenvalue weighted by atomic mass is 35.5. The summed E-state index contributed by atoms with van der Waals surface area (Å²) in [5.74, 6) is 0.0423. The van der Waals surface area contributed by atoms with Gasteiger partial charge in [0.15, 0.2) is 0 Å². The third kappa shape index (κ3) is 10.3. The van der Waals surface area contributed by atoms with Crippen LogP contribution < -0.4 is 14.4 Å². The van der Waals surface area contributed by atoms with Crippen LogP contribution in [0.3, 0.4) is 0 Å². The second-order valence-electron chi connectivity index (χ2n) is 10.9. The van der Waals surface area contributed by atoms with Crippen LogP contribution in [-0.4, -0.2) is 57.6 Å². The Morgan fingerprint density at radius 2 is 1.61 bits per heavy atom. The van der Waals surface area contributed by atoms with Crippen LogP contribution in [0, 0.1) is 5.92 Å². The van der Waals surface area contributed by atoms with E-state index in [-0.39, 0.29) is 55.1 Å². The van der Waals surface area contributed by atoms with Crippen molar-refractivity contribution in [2.75, 3.05) is 30.8 Å². The maximum absolute atomic E-state index is 14.0. The summed E-state index contributed by atoms with van der Waals surface area (Å²) in [6, 6.07) is 18.4. The van der Waals surface area contributed by atoms with E-state index in [0.29, 0.717) is 33.6 Å². The molecule has 3 rings (SSSR count). The van der Waals surface area contributed by atoms with Gasteiger partial charge in [0.05, 0.1) is 34.1 Å². The van der Waals surface area contributed by atoms with Crippen LogP contribution in [0.1, 0.15) is 37.8 Å². The summed E-state index contributed by atoms with van der Waals surface area (Å²) in [4.78, 5) is 29.1. The Kier molecular flexibility index (Phi) is 13.2. The maximum atomic E-state index is 14.0. The van der Waals surface area contributed by atoms with Gasteiger partial charge in [0, 0.05) is 32.5 Å². The predicted molar refractivity (Wildman–Crippen MR) is 178 cm³/mol. The number of halogens is 3. The minimum absolute atomic E-state index is 0.0139. The van der Waals surface area contributed by atoms with Crippen LogP contribution in [0.15, 0.2) is 66.7 Å². The van der Waals surface area contributed by atoms with Crippen molar-refractivity contribution < 1.29 is 22.7 Å². The normalized spacial score (nSPS) is 12.1. The van der Waals surface area contributed by atoms with Gasteiger partial charge in [-0.05, 0) is 53.8 Å². The maximum Gasteiger partial charge on any atom is 0.243 e. The Hall–Kier alpha value is -2.98. The summed E-state index contributed by atoms with van der Waals surface area (Å²) in [6.45, 7) is 4.57. The molecule has 2 amide bonds. The SMILES string of the molecule is COc1ccc(N(CCCC(=O)N(Cc2ccc(Cl)c(Cl)c2)[C@H](Cc2ccccc2)C(=O)NCC(C)C)S(C)(=O)=O)cc1Cl. The Balaban J connectivity index is 1.91. The van der Waals surface area contributed by atoms with Crippen LogP contribution >= 0.6 is 34.8 Å². The van der Waals surface area contributed by atoms with Crippen molar-refractivity contribution in [3.8, 4) is 5.75 Å². The van der Waals surface area contributed by atoms with Gasteiger partial charge in [0.2, 0.25) is 21.8 Å². The third-order valence-electron chi connectivity index (χ3n) is 6.87. The molecule has 238 valence electrons. The van der Waals surface area contributed by atoms with Crippen LogP contribution in [0.2, 0.25) is 15.1 Å². The number of hydrogen-bond donors (Lipinski definition) is 1. The number of carbonyl (C=O) groups is 2. The van der Waals surface area contributed by atoms with Gasteiger partial charge in [-0.3, -0.25) is 13.9 Å². The van der Waals surface area contributed by atoms with Crippen molar-refractivity contribution >= 4 is 62.3 Å². The summed E-state index contributed by atoms with van der Waals surface area (Å²) in [5, 5.41) is 3.96. The highest BCUT2D eigenvalue weighted by Gasteiger charge is 2.31. The van der Waals surface area contributed by atoms with Crippen molar-refractivity contribution in [3.63, 3.8) is 0 Å². The van der Waals surface area contributed by atoms with E-state index in [0.717, 1.165) is 11.8 Å². The number of anilines is 1. The molecule has 1 N–H and O–H groups in total. The van der Waals surface area contributed by atoms with E-state index in [4.69, 9.17) is 39.5 Å². The average Bonchev–Trinajstić information content (AvgIpc) is 2.97. The molecule has 0 fully saturated rings. The lowest BCUT2D eigenvalue weighted by Gasteiger charge is -2.32. The standard InChI is InChI=1S/C32H38Cl3N3O5S/c1-22(2)20-36-32(40)29(18-23-9-6-5-7-10-23)37(21-24-12-14-26(33)27(34)17-24)31(39)11-8-16-38(44(4,41)42)25-13-15-30(43-3)28(35)19-25/h5-7,9-10,12-15,17,19,22,29H,8,11,16,18,20-21H2,1-4H3,(H,36,40)/t29-/m1/s1. The average molecular weight is 683 g/mol. The smallest absolute Gasteiger partial charge is 0.243 e. The fraction of sp³-hybridized carbons (Fsp3) is 0.375. The molecule has 0 bridgehead atoms. The lowest BCUT2D eigenvalue weighted by atomic mass is 10.0. The van der Waals surface area contributed by atoms with Crippen LogP contribution in [-0.2, 0) is 32.6 Å². The van der Waals surface area contributed by atoms with Crippen molar-refractivity contribution in [1.29, 1.82) is 0 Å². The van der Waals surface area contributed by atoms with Gasteiger partial charge in [0.25, 0.3) is 0 Å². The van der Waals surface area contributed by atoms with Gasteiger partial charge in [-0.25, -0.2) is 8.42 Å². The molecule has 0 unspecified atom stereocenters. The molecule has 0 saturated heterocycles. The first kappa shape index (κ1) is 35.5. The number of methoxy groups -OCH3 is 1. The minimum atomic E-state index is -3.70. The molecule has 0 saturated carbocycles. The summed E-state index contributed by atoms with van der Waals surface area (Å²) in [6.07, 6.45) is 1.56. The Morgan fingerprint density at radius 1 is 0.909 bits per heavy atom. The van der Waals surface area contributed by atoms with Gasteiger partial charge >= 0.3 is 0 Å². The molecular formula is C32H38Cl3N3O5S. The number of amides is 2. The lowest BCUT2D eigenvalue weighted by molar-refractivity contribution is -0.141. The lowest BCUT2D eigenvalue weighted by Crippen LogP contribution is -2.51. The van der Waals surface area contributed by atoms with E-state index < -0.39 is 16.1 Å². The number of nitrogens with zero attached hydrogens (tertiary/aromatic N) is 2. The van der Waals surface area contributed by atoms with Crippen LogP contribution in [0.5, 0.6) is 5.75 Å². The summed E-state index contributed by atoms with van der Waals surface area (Å²) >= 11 is 18.7. The molecule has 3 aromatic carbocycles. The van der Waals surface area contributed by atoms with Crippen molar-refractivity contribution in [3.05, 3.63) is 92.9 Å².